The van der Waals surface area contributed by atoms with Crippen LogP contribution in [0.2, 0.25) is 0 Å². The number of ether oxygens (including phenoxy) is 2. The molecule has 10 nitrogen and oxygen atoms in total. The summed E-state index contributed by atoms with van der Waals surface area (Å²) in [6.45, 7) is 7.23. The van der Waals surface area contributed by atoms with E-state index < -0.39 is 16.0 Å². The zero-order valence-electron chi connectivity index (χ0n) is 17.4. The van der Waals surface area contributed by atoms with Crippen molar-refractivity contribution in [1.82, 2.24) is 14.1 Å². The molecule has 0 bridgehead atoms. The Morgan fingerprint density at radius 1 is 1.13 bits per heavy atom. The molecule has 0 saturated carbocycles. The van der Waals surface area contributed by atoms with Crippen molar-refractivity contribution in [1.29, 1.82) is 0 Å². The van der Waals surface area contributed by atoms with Crippen molar-refractivity contribution >= 4 is 21.9 Å². The summed E-state index contributed by atoms with van der Waals surface area (Å²) in [5.41, 5.74) is 0. The standard InChI is InChI=1S/C19H29N3O7S/c1-3-15-13-21(11-12-28-15)17(23)14-20-7-9-22(10-8-20)30(25,26)18-6-5-16(29-18)19(24)27-4-2/h5-6,15H,3-4,7-14H2,1-2H3. The van der Waals surface area contributed by atoms with Crippen LogP contribution in [0.1, 0.15) is 30.8 Å². The average molecular weight is 444 g/mol. The first-order valence-electron chi connectivity index (χ1n) is 10.2. The zero-order chi connectivity index (χ0) is 21.7. The molecule has 0 spiro atoms. The van der Waals surface area contributed by atoms with Crippen LogP contribution in [0.25, 0.3) is 0 Å². The minimum atomic E-state index is -3.85. The second-order valence-corrected chi connectivity index (χ2v) is 9.13. The summed E-state index contributed by atoms with van der Waals surface area (Å²) >= 11 is 0. The van der Waals surface area contributed by atoms with Crippen molar-refractivity contribution in [3.05, 3.63) is 17.9 Å². The van der Waals surface area contributed by atoms with Crippen molar-refractivity contribution in [2.45, 2.75) is 31.5 Å². The molecule has 1 aromatic heterocycles. The van der Waals surface area contributed by atoms with Crippen molar-refractivity contribution in [3.63, 3.8) is 0 Å². The molecule has 1 atom stereocenters. The minimum Gasteiger partial charge on any atom is -0.460 e. The van der Waals surface area contributed by atoms with Gasteiger partial charge in [-0.2, -0.15) is 4.31 Å². The quantitative estimate of drug-likeness (QED) is 0.557. The van der Waals surface area contributed by atoms with Crippen LogP contribution in [-0.4, -0.2) is 99.5 Å². The van der Waals surface area contributed by atoms with Gasteiger partial charge in [0.25, 0.3) is 10.0 Å². The summed E-state index contributed by atoms with van der Waals surface area (Å²) < 4.78 is 42.5. The molecule has 168 valence electrons. The van der Waals surface area contributed by atoms with E-state index in [0.29, 0.717) is 32.8 Å². The number of sulfonamides is 1. The largest absolute Gasteiger partial charge is 0.460 e. The molecule has 3 rings (SSSR count). The highest BCUT2D eigenvalue weighted by Crippen LogP contribution is 2.21. The molecule has 0 N–H and O–H groups in total. The minimum absolute atomic E-state index is 0.0400. The number of hydrogen-bond acceptors (Lipinski definition) is 8. The van der Waals surface area contributed by atoms with Gasteiger partial charge in [-0.05, 0) is 25.5 Å². The van der Waals surface area contributed by atoms with Crippen LogP contribution in [0.4, 0.5) is 0 Å². The predicted octanol–water partition coefficient (Wildman–Crippen LogP) is 0.400. The predicted molar refractivity (Wildman–Crippen MR) is 106 cm³/mol. The molecular formula is C19H29N3O7S. The van der Waals surface area contributed by atoms with Gasteiger partial charge in [0, 0.05) is 39.3 Å². The lowest BCUT2D eigenvalue weighted by Crippen LogP contribution is -2.53. The smallest absolute Gasteiger partial charge is 0.374 e. The van der Waals surface area contributed by atoms with Gasteiger partial charge in [0.05, 0.1) is 25.9 Å². The highest BCUT2D eigenvalue weighted by molar-refractivity contribution is 7.89. The molecule has 0 aromatic carbocycles. The molecule has 0 aliphatic carbocycles. The van der Waals surface area contributed by atoms with Gasteiger partial charge in [0.2, 0.25) is 16.8 Å². The van der Waals surface area contributed by atoms with E-state index in [2.05, 4.69) is 0 Å². The van der Waals surface area contributed by atoms with Gasteiger partial charge >= 0.3 is 5.97 Å². The third-order valence-corrected chi connectivity index (χ3v) is 7.06. The number of hydrogen-bond donors (Lipinski definition) is 0. The van der Waals surface area contributed by atoms with Gasteiger partial charge in [-0.25, -0.2) is 13.2 Å². The second kappa shape index (κ2) is 9.90. The molecule has 1 unspecified atom stereocenters. The summed E-state index contributed by atoms with van der Waals surface area (Å²) in [4.78, 5) is 28.1. The molecule has 2 aliphatic heterocycles. The van der Waals surface area contributed by atoms with Crippen LogP contribution in [0.15, 0.2) is 21.6 Å². The first-order chi connectivity index (χ1) is 14.3. The summed E-state index contributed by atoms with van der Waals surface area (Å²) in [6.07, 6.45) is 0.947. The van der Waals surface area contributed by atoms with E-state index in [1.54, 1.807) is 6.92 Å². The van der Waals surface area contributed by atoms with Gasteiger partial charge in [-0.3, -0.25) is 9.69 Å². The molecule has 1 amide bonds. The van der Waals surface area contributed by atoms with Crippen LogP contribution >= 0.6 is 0 Å². The Bertz CT molecular complexity index is 846. The fourth-order valence-electron chi connectivity index (χ4n) is 3.51. The zero-order valence-corrected chi connectivity index (χ0v) is 18.2. The Labute approximate surface area is 176 Å². The highest BCUT2D eigenvalue weighted by atomic mass is 32.2. The van der Waals surface area contributed by atoms with Gasteiger partial charge in [-0.1, -0.05) is 6.92 Å². The molecule has 3 heterocycles. The Hall–Kier alpha value is -1.95. The lowest BCUT2D eigenvalue weighted by molar-refractivity contribution is -0.140. The molecule has 11 heteroatoms. The number of rotatable bonds is 7. The van der Waals surface area contributed by atoms with Crippen molar-refractivity contribution in [2.24, 2.45) is 0 Å². The van der Waals surface area contributed by atoms with Gasteiger partial charge in [0.1, 0.15) is 0 Å². The molecule has 2 fully saturated rings. The van der Waals surface area contributed by atoms with Crippen LogP contribution in [0.5, 0.6) is 0 Å². The maximum absolute atomic E-state index is 12.8. The van der Waals surface area contributed by atoms with Crippen LogP contribution < -0.4 is 0 Å². The first-order valence-corrected chi connectivity index (χ1v) is 11.7. The van der Waals surface area contributed by atoms with Crippen molar-refractivity contribution < 1.29 is 31.9 Å². The summed E-state index contributed by atoms with van der Waals surface area (Å²) in [7, 11) is -3.85. The number of nitrogens with zero attached hydrogens (tertiary/aromatic N) is 3. The Morgan fingerprint density at radius 2 is 1.87 bits per heavy atom. The number of piperazine rings is 1. The molecule has 2 saturated heterocycles. The molecule has 2 aliphatic rings. The topological polar surface area (TPSA) is 110 Å². The van der Waals surface area contributed by atoms with Crippen molar-refractivity contribution in [2.75, 3.05) is 59.0 Å². The fourth-order valence-corrected chi connectivity index (χ4v) is 4.84. The maximum Gasteiger partial charge on any atom is 0.374 e. The third-order valence-electron chi connectivity index (χ3n) is 5.29. The van der Waals surface area contributed by atoms with Crippen LogP contribution in [0.3, 0.4) is 0 Å². The van der Waals surface area contributed by atoms with E-state index >= 15 is 0 Å². The summed E-state index contributed by atoms with van der Waals surface area (Å²) in [5.74, 6) is -0.801. The van der Waals surface area contributed by atoms with Crippen LogP contribution in [-0.2, 0) is 24.3 Å². The molecule has 0 radical (unpaired) electrons. The molecular weight excluding hydrogens is 414 g/mol. The van der Waals surface area contributed by atoms with E-state index in [1.165, 1.54) is 16.4 Å². The Balaban J connectivity index is 1.53. The lowest BCUT2D eigenvalue weighted by atomic mass is 10.2. The van der Waals surface area contributed by atoms with E-state index in [0.717, 1.165) is 6.42 Å². The highest BCUT2D eigenvalue weighted by Gasteiger charge is 2.33. The van der Waals surface area contributed by atoms with Gasteiger partial charge < -0.3 is 18.8 Å². The second-order valence-electron chi connectivity index (χ2n) is 7.26. The van der Waals surface area contributed by atoms with E-state index in [4.69, 9.17) is 13.9 Å². The van der Waals surface area contributed by atoms with E-state index in [-0.39, 0.29) is 49.1 Å². The monoisotopic (exact) mass is 443 g/mol. The van der Waals surface area contributed by atoms with E-state index in [1.807, 2.05) is 16.7 Å². The normalized spacial score (nSPS) is 21.5. The number of furan rings is 1. The number of morpholine rings is 1. The van der Waals surface area contributed by atoms with Crippen LogP contribution in [0, 0.1) is 0 Å². The fraction of sp³-hybridized carbons (Fsp3) is 0.684. The molecule has 1 aromatic rings. The first kappa shape index (κ1) is 22.7. The number of amides is 1. The summed E-state index contributed by atoms with van der Waals surface area (Å²) in [5, 5.41) is -0.283. The lowest BCUT2D eigenvalue weighted by Gasteiger charge is -2.36. The third kappa shape index (κ3) is 5.20. The van der Waals surface area contributed by atoms with Gasteiger partial charge in [-0.15, -0.1) is 0 Å². The summed E-state index contributed by atoms with van der Waals surface area (Å²) in [6, 6.07) is 2.56. The van der Waals surface area contributed by atoms with Crippen molar-refractivity contribution in [3.8, 4) is 0 Å². The Kier molecular flexibility index (Phi) is 7.50. The number of carbonyl (C=O) groups excluding carboxylic acids is 2. The Morgan fingerprint density at radius 3 is 2.53 bits per heavy atom. The maximum atomic E-state index is 12.8. The van der Waals surface area contributed by atoms with Gasteiger partial charge in [0.15, 0.2) is 0 Å². The average Bonchev–Trinajstić information content (AvgIpc) is 3.26. The number of carbonyl (C=O) groups is 2. The van der Waals surface area contributed by atoms with E-state index in [9.17, 15) is 18.0 Å². The SMILES string of the molecule is CCOC(=O)c1ccc(S(=O)(=O)N2CCN(CC(=O)N3CCOC(CC)C3)CC2)o1. The molecule has 30 heavy (non-hydrogen) atoms. The number of esters is 1.